The number of Topliss-reactive ketones (excluding diaryl/α,β-unsaturated/α-hetero) is 2. The van der Waals surface area contributed by atoms with Crippen molar-refractivity contribution in [3.8, 4) is 0 Å². The Morgan fingerprint density at radius 3 is 2.47 bits per heavy atom. The van der Waals surface area contributed by atoms with Crippen LogP contribution in [0.3, 0.4) is 0 Å². The Kier molecular flexibility index (Phi) is 14.1. The van der Waals surface area contributed by atoms with Crippen LogP contribution in [0.15, 0.2) is 0 Å². The summed E-state index contributed by atoms with van der Waals surface area (Å²) in [6, 6.07) is -0.574. The molecule has 1 aliphatic carbocycles. The van der Waals surface area contributed by atoms with Crippen LogP contribution >= 0.6 is 11.8 Å². The molecule has 0 aliphatic heterocycles. The van der Waals surface area contributed by atoms with Crippen LogP contribution in [0.1, 0.15) is 19.3 Å². The predicted molar refractivity (Wildman–Crippen MR) is 59.1 cm³/mol. The van der Waals surface area contributed by atoms with Gasteiger partial charge in [0.05, 0.1) is 11.7 Å². The molecule has 1 rings (SSSR count). The molecule has 0 radical (unpaired) electrons. The molecule has 2 atom stereocenters. The van der Waals surface area contributed by atoms with Gasteiger partial charge in [0.15, 0.2) is 5.78 Å². The zero-order valence-corrected chi connectivity index (χ0v) is 13.6. The second-order valence-electron chi connectivity index (χ2n) is 3.26. The van der Waals surface area contributed by atoms with E-state index in [1.54, 1.807) is 6.29 Å². The molecule has 0 spiro atoms. The van der Waals surface area contributed by atoms with Gasteiger partial charge in [0.25, 0.3) is 0 Å². The molecular formula is C9H14FKN2O3S. The first-order chi connectivity index (χ1) is 7.63. The number of nitrogens with two attached hydrogens (primary N) is 2. The van der Waals surface area contributed by atoms with Gasteiger partial charge in [-0.05, 0) is 5.75 Å². The van der Waals surface area contributed by atoms with Crippen LogP contribution < -0.4 is 63.1 Å². The molecule has 0 bridgehead atoms. The quantitative estimate of drug-likeness (QED) is 0.237. The van der Waals surface area contributed by atoms with Crippen molar-refractivity contribution < 1.29 is 70.2 Å². The summed E-state index contributed by atoms with van der Waals surface area (Å²) in [4.78, 5) is 32.1. The van der Waals surface area contributed by atoms with Crippen molar-refractivity contribution in [1.29, 1.82) is 0 Å². The van der Waals surface area contributed by atoms with E-state index in [2.05, 4.69) is 5.96 Å². The minimum Gasteiger partial charge on any atom is -0.540 e. The maximum Gasteiger partial charge on any atom is 1.00 e. The number of halogens is 1. The molecule has 1 saturated carbocycles. The number of rotatable bonds is 5. The van der Waals surface area contributed by atoms with E-state index >= 15 is 0 Å². The Labute approximate surface area is 146 Å². The maximum absolute atomic E-state index is 11.2. The number of thioether (sulfide) groups is 1. The summed E-state index contributed by atoms with van der Waals surface area (Å²) in [6.45, 7) is 0. The molecule has 0 aromatic rings. The predicted octanol–water partition coefficient (Wildman–Crippen LogP) is -3.32. The monoisotopic (exact) mass is 288 g/mol. The molecule has 17 heavy (non-hydrogen) atoms. The van der Waals surface area contributed by atoms with Gasteiger partial charge in [-0.25, -0.2) is 6.29 Å². The van der Waals surface area contributed by atoms with Crippen LogP contribution in [-0.2, 0) is 14.4 Å². The summed E-state index contributed by atoms with van der Waals surface area (Å²) in [7, 11) is 0. The van der Waals surface area contributed by atoms with Gasteiger partial charge < -0.3 is 10.5 Å². The van der Waals surface area contributed by atoms with E-state index in [4.69, 9.17) is 10.2 Å². The normalized spacial score (nSPS) is 20.1. The zero-order chi connectivity index (χ0) is 12.6. The van der Waals surface area contributed by atoms with Crippen molar-refractivity contribution in [2.24, 2.45) is 11.7 Å². The van der Waals surface area contributed by atoms with Crippen LogP contribution in [0.4, 0.5) is 4.48 Å². The average Bonchev–Trinajstić information content (AvgIpc) is 2.60. The van der Waals surface area contributed by atoms with Gasteiger partial charge in [-0.3, -0.25) is 9.59 Å². The number of carbonyl (C=O) groups is 2. The van der Waals surface area contributed by atoms with Gasteiger partial charge in [0.1, 0.15) is 5.78 Å². The molecule has 1 aliphatic rings. The molecule has 5 nitrogen and oxygen atoms in total. The second kappa shape index (κ2) is 11.9. The molecule has 1 fully saturated rings. The topological polar surface area (TPSA) is 103 Å². The molecule has 0 amide bonds. The number of ketones is 2. The molecular weight excluding hydrogens is 274 g/mol. The van der Waals surface area contributed by atoms with Crippen molar-refractivity contribution in [2.75, 3.05) is 5.75 Å². The van der Waals surface area contributed by atoms with Crippen LogP contribution in [0, 0.1) is 0 Å². The smallest absolute Gasteiger partial charge is 0.540 e. The molecule has 0 saturated heterocycles. The molecule has 0 aromatic heterocycles. The molecule has 0 aromatic carbocycles. The fraction of sp³-hybridized carbons (Fsp3) is 0.667. The van der Waals surface area contributed by atoms with Crippen LogP contribution in [0.25, 0.3) is 0 Å². The summed E-state index contributed by atoms with van der Waals surface area (Å²) in [5.41, 5.74) is 5.33. The van der Waals surface area contributed by atoms with E-state index in [0.29, 0.717) is 18.6 Å². The molecule has 8 heteroatoms. The second-order valence-corrected chi connectivity index (χ2v) is 4.57. The van der Waals surface area contributed by atoms with Crippen LogP contribution in [-0.4, -0.2) is 34.9 Å². The van der Waals surface area contributed by atoms with Crippen molar-refractivity contribution in [1.82, 2.24) is 0 Å². The fourth-order valence-corrected chi connectivity index (χ4v) is 2.50. The first-order valence-electron chi connectivity index (χ1n) is 4.64. The van der Waals surface area contributed by atoms with E-state index < -0.39 is 6.04 Å². The van der Waals surface area contributed by atoms with E-state index in [-0.39, 0.29) is 74.6 Å². The first-order valence-corrected chi connectivity index (χ1v) is 5.69. The zero-order valence-electron chi connectivity index (χ0n) is 9.65. The van der Waals surface area contributed by atoms with E-state index in [1.165, 1.54) is 11.8 Å². The Morgan fingerprint density at radius 1 is 1.47 bits per heavy atom. The van der Waals surface area contributed by atoms with Crippen molar-refractivity contribution in [2.45, 2.75) is 30.6 Å². The van der Waals surface area contributed by atoms with Gasteiger partial charge in [-0.2, -0.15) is 17.7 Å². The Hall–Kier alpha value is 0.846. The molecule has 92 valence electrons. The molecule has 4 N–H and O–H groups in total. The number of hydrogen-bond acceptors (Lipinski definition) is 6. The third kappa shape index (κ3) is 8.54. The number of hydrogen-bond donors (Lipinski definition) is 2. The van der Waals surface area contributed by atoms with Gasteiger partial charge in [-0.1, -0.05) is 12.5 Å². The fourth-order valence-electron chi connectivity index (χ4n) is 1.25. The summed E-state index contributed by atoms with van der Waals surface area (Å²) < 4.78 is 9.00. The SMILES string of the molecule is NF.N[C@H]([C-]=O)CCSC1CC(=O)CC1=O.[K+]. The van der Waals surface area contributed by atoms with E-state index in [9.17, 15) is 14.4 Å². The third-order valence-corrected chi connectivity index (χ3v) is 3.35. The largest absolute Gasteiger partial charge is 1.00 e. The van der Waals surface area contributed by atoms with E-state index in [1.807, 2.05) is 0 Å². The molecule has 1 unspecified atom stereocenters. The van der Waals surface area contributed by atoms with Crippen LogP contribution in [0.2, 0.25) is 0 Å². The minimum absolute atomic E-state index is 0. The van der Waals surface area contributed by atoms with Crippen molar-refractivity contribution in [3.05, 3.63) is 0 Å². The van der Waals surface area contributed by atoms with Crippen molar-refractivity contribution >= 4 is 29.6 Å². The first kappa shape index (κ1) is 20.2. The standard InChI is InChI=1S/C9H12NO3S.FH2N.K/c10-6(5-11)1-2-14-9-4-7(12)3-8(9)13;1-2;/h6,9H,1-4,10H2;2H2;/q-1;;+1/t6-,9?;;/m0../s1. The Bertz CT molecular complexity index is 269. The van der Waals surface area contributed by atoms with Crippen molar-refractivity contribution in [3.63, 3.8) is 0 Å². The summed E-state index contributed by atoms with van der Waals surface area (Å²) in [5.74, 6) is 3.64. The average molecular weight is 288 g/mol. The summed E-state index contributed by atoms with van der Waals surface area (Å²) in [6.07, 6.45) is 2.59. The molecule has 0 heterocycles. The van der Waals surface area contributed by atoms with Gasteiger partial charge >= 0.3 is 51.4 Å². The minimum atomic E-state index is -0.574. The van der Waals surface area contributed by atoms with Gasteiger partial charge in [0, 0.05) is 6.42 Å². The van der Waals surface area contributed by atoms with E-state index in [0.717, 1.165) is 0 Å². The van der Waals surface area contributed by atoms with Gasteiger partial charge in [0.2, 0.25) is 0 Å². The summed E-state index contributed by atoms with van der Waals surface area (Å²) >= 11 is 1.41. The Morgan fingerprint density at radius 2 is 2.06 bits per heavy atom. The van der Waals surface area contributed by atoms with Crippen LogP contribution in [0.5, 0.6) is 0 Å². The van der Waals surface area contributed by atoms with Gasteiger partial charge in [-0.15, -0.1) is 4.48 Å². The number of carbonyl (C=O) groups excluding carboxylic acids is 3. The summed E-state index contributed by atoms with van der Waals surface area (Å²) in [5, 5.41) is -0.207. The third-order valence-electron chi connectivity index (χ3n) is 2.04. The maximum atomic E-state index is 11.2. The Balaban J connectivity index is 0.